The van der Waals surface area contributed by atoms with Crippen LogP contribution in [0.1, 0.15) is 43.2 Å². The fourth-order valence-corrected chi connectivity index (χ4v) is 6.05. The molecule has 2 aliphatic rings. The van der Waals surface area contributed by atoms with Gasteiger partial charge < -0.3 is 4.74 Å². The Morgan fingerprint density at radius 3 is 2.51 bits per heavy atom. The number of ether oxygens (including phenoxy) is 1. The Balaban J connectivity index is 1.38. The molecule has 0 spiro atoms. The van der Waals surface area contributed by atoms with Crippen LogP contribution in [0.4, 0.5) is 14.5 Å². The molecule has 1 saturated carbocycles. The number of carbonyl (C=O) groups excluding carboxylic acids is 1. The lowest BCUT2D eigenvalue weighted by atomic mass is 9.94. The van der Waals surface area contributed by atoms with Crippen molar-refractivity contribution in [2.75, 3.05) is 0 Å². The number of hydrogen-bond donors (Lipinski definition) is 0. The van der Waals surface area contributed by atoms with Gasteiger partial charge in [0.05, 0.1) is 9.38 Å². The highest BCUT2D eigenvalue weighted by atomic mass is 79.9. The van der Waals surface area contributed by atoms with Gasteiger partial charge in [-0.15, -0.1) is 0 Å². The Bertz CT molecular complexity index is 1350. The molecule has 0 aromatic heterocycles. The van der Waals surface area contributed by atoms with E-state index in [1.807, 2.05) is 24.3 Å². The maximum atomic E-state index is 14.4. The highest BCUT2D eigenvalue weighted by Crippen LogP contribution is 2.39. The Kier molecular flexibility index (Phi) is 8.05. The van der Waals surface area contributed by atoms with Crippen molar-refractivity contribution in [1.82, 2.24) is 4.90 Å². The zero-order valence-corrected chi connectivity index (χ0v) is 22.4. The molecule has 37 heavy (non-hydrogen) atoms. The van der Waals surface area contributed by atoms with Gasteiger partial charge in [-0.05, 0) is 94.1 Å². The van der Waals surface area contributed by atoms with Crippen molar-refractivity contribution in [3.05, 3.63) is 98.9 Å². The predicted octanol–water partition coefficient (Wildman–Crippen LogP) is 8.24. The van der Waals surface area contributed by atoms with Gasteiger partial charge in [-0.1, -0.05) is 49.6 Å². The zero-order valence-electron chi connectivity index (χ0n) is 20.0. The first-order valence-corrected chi connectivity index (χ1v) is 13.8. The number of amidine groups is 1. The minimum atomic E-state index is -0.413. The minimum Gasteiger partial charge on any atom is -0.488 e. The van der Waals surface area contributed by atoms with Crippen molar-refractivity contribution in [3.63, 3.8) is 0 Å². The van der Waals surface area contributed by atoms with Crippen LogP contribution in [0.25, 0.3) is 6.08 Å². The van der Waals surface area contributed by atoms with Crippen molar-refractivity contribution < 1.29 is 18.3 Å². The normalized spacial score (nSPS) is 18.7. The topological polar surface area (TPSA) is 41.9 Å². The average Bonchev–Trinajstić information content (AvgIpc) is 3.20. The highest BCUT2D eigenvalue weighted by molar-refractivity contribution is 9.10. The molecule has 8 heteroatoms. The van der Waals surface area contributed by atoms with Crippen LogP contribution in [-0.4, -0.2) is 22.0 Å². The van der Waals surface area contributed by atoms with E-state index >= 15 is 0 Å². The van der Waals surface area contributed by atoms with Gasteiger partial charge >= 0.3 is 0 Å². The van der Waals surface area contributed by atoms with Gasteiger partial charge in [0.2, 0.25) is 0 Å². The molecule has 0 bridgehead atoms. The van der Waals surface area contributed by atoms with Crippen molar-refractivity contribution in [2.24, 2.45) is 4.99 Å². The molecule has 1 amide bonds. The molecule has 0 unspecified atom stereocenters. The number of aliphatic imine (C=N–C) groups is 1. The first-order valence-electron chi connectivity index (χ1n) is 12.2. The van der Waals surface area contributed by atoms with E-state index in [0.717, 1.165) is 47.7 Å². The molecule has 3 aromatic carbocycles. The molecule has 1 aliphatic heterocycles. The van der Waals surface area contributed by atoms with Gasteiger partial charge in [0, 0.05) is 6.04 Å². The molecule has 5 rings (SSSR count). The molecular weight excluding hydrogens is 558 g/mol. The lowest BCUT2D eigenvalue weighted by molar-refractivity contribution is -0.124. The third-order valence-electron chi connectivity index (χ3n) is 6.41. The van der Waals surface area contributed by atoms with Crippen molar-refractivity contribution in [2.45, 2.75) is 44.8 Å². The predicted molar refractivity (Wildman–Crippen MR) is 148 cm³/mol. The molecular formula is C29H25BrF2N2O2S. The minimum absolute atomic E-state index is 0.0687. The molecule has 1 heterocycles. The van der Waals surface area contributed by atoms with E-state index < -0.39 is 5.82 Å². The summed E-state index contributed by atoms with van der Waals surface area (Å²) in [6, 6.07) is 18.2. The van der Waals surface area contributed by atoms with E-state index in [4.69, 9.17) is 4.74 Å². The summed E-state index contributed by atoms with van der Waals surface area (Å²) in [5.74, 6) is -0.155. The molecule has 3 aromatic rings. The molecule has 190 valence electrons. The van der Waals surface area contributed by atoms with Crippen LogP contribution in [0.15, 0.2) is 81.1 Å². The van der Waals surface area contributed by atoms with Crippen LogP contribution < -0.4 is 4.74 Å². The van der Waals surface area contributed by atoms with Crippen LogP contribution in [0.3, 0.4) is 0 Å². The Morgan fingerprint density at radius 1 is 1.03 bits per heavy atom. The van der Waals surface area contributed by atoms with Gasteiger partial charge in [-0.2, -0.15) is 0 Å². The van der Waals surface area contributed by atoms with E-state index in [9.17, 15) is 13.6 Å². The van der Waals surface area contributed by atoms with E-state index in [1.54, 1.807) is 35.2 Å². The van der Waals surface area contributed by atoms with E-state index in [2.05, 4.69) is 20.9 Å². The summed E-state index contributed by atoms with van der Waals surface area (Å²) in [4.78, 5) is 20.4. The van der Waals surface area contributed by atoms with Gasteiger partial charge in [-0.25, -0.2) is 13.8 Å². The Hall–Kier alpha value is -2.97. The summed E-state index contributed by atoms with van der Waals surface area (Å²) in [7, 11) is 0. The second kappa shape index (κ2) is 11.6. The zero-order chi connectivity index (χ0) is 25.8. The number of hydrogen-bond acceptors (Lipinski definition) is 4. The number of rotatable bonds is 6. The number of halogens is 3. The molecule has 4 nitrogen and oxygen atoms in total. The van der Waals surface area contributed by atoms with Crippen LogP contribution in [0, 0.1) is 11.6 Å². The third kappa shape index (κ3) is 6.13. The highest BCUT2D eigenvalue weighted by Gasteiger charge is 2.38. The summed E-state index contributed by atoms with van der Waals surface area (Å²) in [6.45, 7) is 0.305. The number of benzene rings is 3. The van der Waals surface area contributed by atoms with Crippen LogP contribution >= 0.6 is 27.7 Å². The van der Waals surface area contributed by atoms with Gasteiger partial charge in [-0.3, -0.25) is 9.69 Å². The standard InChI is InChI=1S/C29H25BrF2N2O2S/c30-23-16-20(12-15-26(23)36-18-19-10-13-21(31)14-11-19)17-27-28(35)34(22-6-2-1-3-7-22)29(37-27)33-25-9-5-4-8-24(25)32/h4-5,8-17,22H,1-3,6-7,18H2/b27-17-,33-29?. The third-order valence-corrected chi connectivity index (χ3v) is 8.01. The van der Waals surface area contributed by atoms with Gasteiger partial charge in [0.15, 0.2) is 5.17 Å². The number of nitrogens with zero attached hydrogens (tertiary/aromatic N) is 2. The lowest BCUT2D eigenvalue weighted by Gasteiger charge is -2.30. The molecule has 0 atom stereocenters. The van der Waals surface area contributed by atoms with Crippen LogP contribution in [0.5, 0.6) is 5.75 Å². The number of carbonyl (C=O) groups is 1. The van der Waals surface area contributed by atoms with Crippen molar-refractivity contribution in [3.8, 4) is 5.75 Å². The SMILES string of the molecule is O=C1/C(=C/c2ccc(OCc3ccc(F)cc3)c(Br)c2)SC(=Nc2ccccc2F)N1C1CCCCC1. The molecule has 0 radical (unpaired) electrons. The summed E-state index contributed by atoms with van der Waals surface area (Å²) in [5.41, 5.74) is 1.91. The second-order valence-electron chi connectivity index (χ2n) is 9.03. The monoisotopic (exact) mass is 582 g/mol. The maximum Gasteiger partial charge on any atom is 0.267 e. The quantitative estimate of drug-likeness (QED) is 0.275. The number of amides is 1. The Labute approximate surface area is 227 Å². The molecule has 0 N–H and O–H groups in total. The van der Waals surface area contributed by atoms with Crippen molar-refractivity contribution >= 4 is 50.5 Å². The molecule has 2 fully saturated rings. The van der Waals surface area contributed by atoms with Crippen molar-refractivity contribution in [1.29, 1.82) is 0 Å². The Morgan fingerprint density at radius 2 is 1.78 bits per heavy atom. The smallest absolute Gasteiger partial charge is 0.267 e. The second-order valence-corrected chi connectivity index (χ2v) is 10.9. The van der Waals surface area contributed by atoms with Crippen LogP contribution in [-0.2, 0) is 11.4 Å². The first kappa shape index (κ1) is 25.7. The van der Waals surface area contributed by atoms with Gasteiger partial charge in [0.25, 0.3) is 5.91 Å². The van der Waals surface area contributed by atoms with Gasteiger partial charge in [0.1, 0.15) is 29.7 Å². The maximum absolute atomic E-state index is 14.4. The summed E-state index contributed by atoms with van der Waals surface area (Å²) >= 11 is 4.83. The molecule has 1 saturated heterocycles. The van der Waals surface area contributed by atoms with E-state index in [0.29, 0.717) is 22.4 Å². The first-order chi connectivity index (χ1) is 18.0. The van der Waals surface area contributed by atoms with E-state index in [-0.39, 0.29) is 23.5 Å². The lowest BCUT2D eigenvalue weighted by Crippen LogP contribution is -2.40. The fraction of sp³-hybridized carbons (Fsp3) is 0.241. The summed E-state index contributed by atoms with van der Waals surface area (Å²) in [6.07, 6.45) is 6.97. The summed E-state index contributed by atoms with van der Waals surface area (Å²) < 4.78 is 34.1. The number of para-hydroxylation sites is 1. The largest absolute Gasteiger partial charge is 0.488 e. The summed E-state index contributed by atoms with van der Waals surface area (Å²) in [5, 5.41) is 0.520. The number of thioether (sulfide) groups is 1. The van der Waals surface area contributed by atoms with Crippen LogP contribution in [0.2, 0.25) is 0 Å². The molecule has 1 aliphatic carbocycles. The fourth-order valence-electron chi connectivity index (χ4n) is 4.49. The average molecular weight is 583 g/mol. The van der Waals surface area contributed by atoms with E-state index in [1.165, 1.54) is 30.0 Å².